The van der Waals surface area contributed by atoms with Crippen LogP contribution in [0.4, 0.5) is 0 Å². The van der Waals surface area contributed by atoms with Crippen LogP contribution in [-0.2, 0) is 23.8 Å². The van der Waals surface area contributed by atoms with Gasteiger partial charge in [-0.1, -0.05) is 18.2 Å². The first-order valence-corrected chi connectivity index (χ1v) is 12.6. The zero-order valence-corrected chi connectivity index (χ0v) is 22.6. The van der Waals surface area contributed by atoms with E-state index in [4.69, 9.17) is 28.4 Å². The number of carbonyl (C=O) groups excluding carboxylic acids is 3. The molecule has 2 heterocycles. The minimum absolute atomic E-state index is 0.280. The van der Waals surface area contributed by atoms with Gasteiger partial charge >= 0.3 is 17.9 Å². The van der Waals surface area contributed by atoms with Crippen molar-refractivity contribution in [2.24, 2.45) is 0 Å². The summed E-state index contributed by atoms with van der Waals surface area (Å²) >= 11 is 0. The molecule has 0 amide bonds. The average molecular weight is 540 g/mol. The number of likely N-dealkylation sites (N-methyl/N-ethyl adjacent to an activating group) is 1. The summed E-state index contributed by atoms with van der Waals surface area (Å²) in [4.78, 5) is 39.5. The van der Waals surface area contributed by atoms with E-state index in [0.717, 1.165) is 0 Å². The van der Waals surface area contributed by atoms with Gasteiger partial charge in [0.05, 0.1) is 39.0 Å². The molecule has 208 valence electrons. The topological polar surface area (TPSA) is 110 Å². The van der Waals surface area contributed by atoms with E-state index in [9.17, 15) is 14.4 Å². The number of benzene rings is 2. The molecule has 0 unspecified atom stereocenters. The fourth-order valence-electron chi connectivity index (χ4n) is 5.29. The van der Waals surface area contributed by atoms with Crippen molar-refractivity contribution >= 4 is 24.0 Å². The second-order valence-corrected chi connectivity index (χ2v) is 9.43. The summed E-state index contributed by atoms with van der Waals surface area (Å²) in [5.41, 5.74) is 1.07. The Balaban J connectivity index is 1.47. The van der Waals surface area contributed by atoms with Gasteiger partial charge in [-0.3, -0.25) is 9.69 Å². The number of methoxy groups -OCH3 is 3. The predicted octanol–water partition coefficient (Wildman–Crippen LogP) is 3.27. The quantitative estimate of drug-likeness (QED) is 0.268. The van der Waals surface area contributed by atoms with Gasteiger partial charge in [-0.25, -0.2) is 9.59 Å². The van der Waals surface area contributed by atoms with Gasteiger partial charge in [-0.15, -0.1) is 0 Å². The Morgan fingerprint density at radius 1 is 0.846 bits per heavy atom. The van der Waals surface area contributed by atoms with Crippen LogP contribution in [-0.4, -0.2) is 81.6 Å². The molecule has 10 heteroatoms. The Kier molecular flexibility index (Phi) is 8.75. The van der Waals surface area contributed by atoms with Gasteiger partial charge in [0.1, 0.15) is 6.10 Å². The predicted molar refractivity (Wildman–Crippen MR) is 141 cm³/mol. The monoisotopic (exact) mass is 539 g/mol. The molecule has 2 aliphatic rings. The lowest BCUT2D eigenvalue weighted by molar-refractivity contribution is -0.153. The van der Waals surface area contributed by atoms with E-state index >= 15 is 0 Å². The number of fused-ring (bicyclic) bond motifs is 2. The van der Waals surface area contributed by atoms with Crippen molar-refractivity contribution in [3.63, 3.8) is 0 Å². The molecule has 0 saturated carbocycles. The zero-order chi connectivity index (χ0) is 28.1. The van der Waals surface area contributed by atoms with Gasteiger partial charge in [0, 0.05) is 25.8 Å². The third-order valence-corrected chi connectivity index (χ3v) is 7.07. The van der Waals surface area contributed by atoms with E-state index < -0.39 is 36.2 Å². The molecule has 2 aromatic carbocycles. The van der Waals surface area contributed by atoms with Gasteiger partial charge in [0.15, 0.2) is 23.7 Å². The Labute approximate surface area is 227 Å². The summed E-state index contributed by atoms with van der Waals surface area (Å²) in [6.07, 6.45) is 1.94. The van der Waals surface area contributed by atoms with Gasteiger partial charge < -0.3 is 28.4 Å². The van der Waals surface area contributed by atoms with Crippen molar-refractivity contribution in [2.75, 3.05) is 28.4 Å². The minimum atomic E-state index is -0.699. The average Bonchev–Trinajstić information content (AvgIpc) is 3.06. The molecule has 4 rings (SSSR count). The molecule has 0 radical (unpaired) electrons. The number of rotatable bonds is 9. The van der Waals surface area contributed by atoms with Crippen molar-refractivity contribution in [1.29, 1.82) is 0 Å². The van der Waals surface area contributed by atoms with E-state index in [-0.39, 0.29) is 12.1 Å². The second-order valence-electron chi connectivity index (χ2n) is 9.43. The molecule has 10 nitrogen and oxygen atoms in total. The van der Waals surface area contributed by atoms with Crippen molar-refractivity contribution in [3.05, 3.63) is 59.7 Å². The van der Waals surface area contributed by atoms with Crippen LogP contribution in [0.25, 0.3) is 6.08 Å². The SMILES string of the molecule is COc1cc(/C=C/C(=O)O[C@@H]2C[C@@H]3[C@@H](OC(=O)c4ccccc4)[C@@H](OC(C)=O)[C@H](C2)N3C)cc(OC)c1OC. The maximum absolute atomic E-state index is 12.8. The second kappa shape index (κ2) is 12.2. The Morgan fingerprint density at radius 3 is 1.97 bits per heavy atom. The first-order valence-electron chi connectivity index (χ1n) is 12.6. The van der Waals surface area contributed by atoms with E-state index in [0.29, 0.717) is 41.2 Å². The first-order chi connectivity index (χ1) is 18.7. The van der Waals surface area contributed by atoms with Crippen molar-refractivity contribution in [3.8, 4) is 17.2 Å². The number of piperidine rings is 1. The number of hydrogen-bond acceptors (Lipinski definition) is 10. The molecule has 2 saturated heterocycles. The molecule has 2 bridgehead atoms. The molecule has 39 heavy (non-hydrogen) atoms. The first kappa shape index (κ1) is 28.0. The molecule has 0 spiro atoms. The molecule has 0 aromatic heterocycles. The molecule has 5 atom stereocenters. The molecular weight excluding hydrogens is 506 g/mol. The summed E-state index contributed by atoms with van der Waals surface area (Å²) < 4.78 is 33.3. The highest BCUT2D eigenvalue weighted by molar-refractivity contribution is 5.89. The van der Waals surface area contributed by atoms with Gasteiger partial charge in [-0.2, -0.15) is 0 Å². The maximum atomic E-state index is 12.8. The molecule has 2 fully saturated rings. The Bertz CT molecular complexity index is 1200. The summed E-state index contributed by atoms with van der Waals surface area (Å²) in [6, 6.07) is 11.5. The molecule has 2 aromatic rings. The van der Waals surface area contributed by atoms with Crippen LogP contribution in [0.15, 0.2) is 48.5 Å². The summed E-state index contributed by atoms with van der Waals surface area (Å²) in [5.74, 6) is -0.122. The van der Waals surface area contributed by atoms with Gasteiger partial charge in [0.2, 0.25) is 5.75 Å². The van der Waals surface area contributed by atoms with E-state index in [1.54, 1.807) is 42.5 Å². The lowest BCUT2D eigenvalue weighted by Crippen LogP contribution is -2.46. The molecule has 0 aliphatic carbocycles. The number of ether oxygens (including phenoxy) is 6. The Hall–Kier alpha value is -4.05. The fraction of sp³-hybridized carbons (Fsp3) is 0.414. The van der Waals surface area contributed by atoms with Crippen LogP contribution in [0, 0.1) is 0 Å². The standard InChI is InChI=1S/C29H33NO9/c1-17(31)37-26-21-15-20(16-22(30(21)2)27(26)39-29(33)19-9-7-6-8-10-19)38-25(32)12-11-18-13-23(34-3)28(36-5)24(14-18)35-4/h6-14,20-22,26-27H,15-16H2,1-5H3/b12-11+/t20-,21-,22+,26-,27+/m0/s1. The largest absolute Gasteiger partial charge is 0.493 e. The van der Waals surface area contributed by atoms with Crippen molar-refractivity contribution in [1.82, 2.24) is 4.90 Å². The highest BCUT2D eigenvalue weighted by Gasteiger charge is 2.56. The van der Waals surface area contributed by atoms with Crippen LogP contribution in [0.2, 0.25) is 0 Å². The fourth-order valence-corrected chi connectivity index (χ4v) is 5.29. The third kappa shape index (κ3) is 6.17. The number of carbonyl (C=O) groups is 3. The van der Waals surface area contributed by atoms with E-state index in [2.05, 4.69) is 0 Å². The smallest absolute Gasteiger partial charge is 0.338 e. The van der Waals surface area contributed by atoms with E-state index in [1.807, 2.05) is 18.0 Å². The van der Waals surface area contributed by atoms with Crippen LogP contribution in [0.3, 0.4) is 0 Å². The highest BCUT2D eigenvalue weighted by atomic mass is 16.6. The van der Waals surface area contributed by atoms with E-state index in [1.165, 1.54) is 34.3 Å². The van der Waals surface area contributed by atoms with Crippen LogP contribution in [0.1, 0.15) is 35.7 Å². The summed E-state index contributed by atoms with van der Waals surface area (Å²) in [5, 5.41) is 0. The van der Waals surface area contributed by atoms with Crippen molar-refractivity contribution in [2.45, 2.75) is 50.2 Å². The van der Waals surface area contributed by atoms with Gasteiger partial charge in [-0.05, 0) is 43.0 Å². The Morgan fingerprint density at radius 2 is 1.44 bits per heavy atom. The van der Waals surface area contributed by atoms with Crippen LogP contribution >= 0.6 is 0 Å². The normalized spacial score (nSPS) is 24.2. The lowest BCUT2D eigenvalue weighted by Gasteiger charge is -2.35. The maximum Gasteiger partial charge on any atom is 0.338 e. The highest BCUT2D eigenvalue weighted by Crippen LogP contribution is 2.40. The van der Waals surface area contributed by atoms with Crippen LogP contribution in [0.5, 0.6) is 17.2 Å². The molecular formula is C29H33NO9. The summed E-state index contributed by atoms with van der Waals surface area (Å²) in [6.45, 7) is 1.32. The lowest BCUT2D eigenvalue weighted by atomic mass is 10.00. The molecule has 0 N–H and O–H groups in total. The van der Waals surface area contributed by atoms with Crippen LogP contribution < -0.4 is 14.2 Å². The number of esters is 3. The summed E-state index contributed by atoms with van der Waals surface area (Å²) in [7, 11) is 6.44. The minimum Gasteiger partial charge on any atom is -0.493 e. The number of hydrogen-bond donors (Lipinski definition) is 0. The third-order valence-electron chi connectivity index (χ3n) is 7.07. The number of nitrogens with zero attached hydrogens (tertiary/aromatic N) is 1. The molecule has 2 aliphatic heterocycles. The van der Waals surface area contributed by atoms with Gasteiger partial charge in [0.25, 0.3) is 0 Å². The zero-order valence-electron chi connectivity index (χ0n) is 22.6. The van der Waals surface area contributed by atoms with Crippen molar-refractivity contribution < 1.29 is 42.8 Å².